The summed E-state index contributed by atoms with van der Waals surface area (Å²) < 4.78 is 16.8. The average molecular weight is 1010 g/mol. The van der Waals surface area contributed by atoms with Crippen LogP contribution in [0, 0.1) is 0 Å². The molecule has 0 aliphatic rings. The summed E-state index contributed by atoms with van der Waals surface area (Å²) in [7, 11) is 0. The van der Waals surface area contributed by atoms with Crippen molar-refractivity contribution in [1.29, 1.82) is 0 Å². The maximum absolute atomic E-state index is 12.8. The quantitative estimate of drug-likeness (QED) is 0.0261. The first kappa shape index (κ1) is 68.8. The second kappa shape index (κ2) is 60.4. The Morgan fingerprint density at radius 3 is 0.847 bits per heavy atom. The van der Waals surface area contributed by atoms with Crippen LogP contribution in [0.1, 0.15) is 310 Å². The van der Waals surface area contributed by atoms with Crippen LogP contribution < -0.4 is 0 Å². The topological polar surface area (TPSA) is 78.9 Å². The highest BCUT2D eigenvalue weighted by molar-refractivity contribution is 5.71. The Morgan fingerprint density at radius 2 is 0.542 bits per heavy atom. The lowest BCUT2D eigenvalue weighted by molar-refractivity contribution is -0.167. The van der Waals surface area contributed by atoms with E-state index in [1.165, 1.54) is 173 Å². The first-order chi connectivity index (χ1) is 35.5. The van der Waals surface area contributed by atoms with Crippen LogP contribution >= 0.6 is 0 Å². The summed E-state index contributed by atoms with van der Waals surface area (Å²) in [5.74, 6) is -0.887. The van der Waals surface area contributed by atoms with Gasteiger partial charge in [-0.2, -0.15) is 0 Å². The molecule has 0 aromatic rings. The van der Waals surface area contributed by atoms with Crippen molar-refractivity contribution in [3.63, 3.8) is 0 Å². The van der Waals surface area contributed by atoms with Crippen LogP contribution in [0.25, 0.3) is 0 Å². The van der Waals surface area contributed by atoms with E-state index in [1.54, 1.807) is 0 Å². The summed E-state index contributed by atoms with van der Waals surface area (Å²) in [6.07, 6.45) is 78.1. The highest BCUT2D eigenvalue weighted by atomic mass is 16.6. The van der Waals surface area contributed by atoms with Crippen LogP contribution in [-0.4, -0.2) is 37.2 Å². The first-order valence-electron chi connectivity index (χ1n) is 30.9. The zero-order chi connectivity index (χ0) is 52.2. The maximum Gasteiger partial charge on any atom is 0.306 e. The number of carbonyl (C=O) groups is 3. The van der Waals surface area contributed by atoms with Crippen molar-refractivity contribution in [2.75, 3.05) is 13.2 Å². The van der Waals surface area contributed by atoms with E-state index in [9.17, 15) is 14.4 Å². The number of rotatable bonds is 56. The molecule has 1 unspecified atom stereocenters. The maximum atomic E-state index is 12.8. The Hall–Kier alpha value is -3.15. The summed E-state index contributed by atoms with van der Waals surface area (Å²) in [6.45, 7) is 6.47. The van der Waals surface area contributed by atoms with Crippen LogP contribution in [0.2, 0.25) is 0 Å². The van der Waals surface area contributed by atoms with Gasteiger partial charge in [0.2, 0.25) is 0 Å². The van der Waals surface area contributed by atoms with Crippen molar-refractivity contribution in [2.45, 2.75) is 316 Å². The lowest BCUT2D eigenvalue weighted by Crippen LogP contribution is -2.30. The molecule has 0 rings (SSSR count). The molecule has 0 radical (unpaired) electrons. The highest BCUT2D eigenvalue weighted by Gasteiger charge is 2.19. The predicted molar refractivity (Wildman–Crippen MR) is 311 cm³/mol. The van der Waals surface area contributed by atoms with Gasteiger partial charge in [0, 0.05) is 19.3 Å². The second-order valence-corrected chi connectivity index (χ2v) is 20.6. The molecular weight excluding hydrogens is 889 g/mol. The zero-order valence-corrected chi connectivity index (χ0v) is 47.7. The molecule has 0 saturated carbocycles. The number of unbranched alkanes of at least 4 members (excludes halogenated alkanes) is 33. The minimum Gasteiger partial charge on any atom is -0.462 e. The Labute approximate surface area is 446 Å². The first-order valence-corrected chi connectivity index (χ1v) is 30.9. The molecule has 416 valence electrons. The minimum absolute atomic E-state index is 0.0772. The van der Waals surface area contributed by atoms with Crippen molar-refractivity contribution >= 4 is 17.9 Å². The molecule has 0 heterocycles. The summed E-state index contributed by atoms with van der Waals surface area (Å²) in [5.41, 5.74) is 0. The second-order valence-electron chi connectivity index (χ2n) is 20.6. The number of hydrogen-bond acceptors (Lipinski definition) is 6. The molecule has 0 saturated heterocycles. The molecule has 0 N–H and O–H groups in total. The molecular formula is C66H116O6. The fraction of sp³-hybridized carbons (Fsp3) is 0.773. The molecule has 0 aliphatic heterocycles. The molecule has 72 heavy (non-hydrogen) atoms. The normalized spacial score (nSPS) is 12.5. The van der Waals surface area contributed by atoms with Gasteiger partial charge in [-0.15, -0.1) is 0 Å². The molecule has 0 aliphatic carbocycles. The molecule has 1 atom stereocenters. The lowest BCUT2D eigenvalue weighted by atomic mass is 10.0. The van der Waals surface area contributed by atoms with Crippen molar-refractivity contribution in [3.8, 4) is 0 Å². The molecule has 0 fully saturated rings. The molecule has 0 aromatic carbocycles. The smallest absolute Gasteiger partial charge is 0.306 e. The minimum atomic E-state index is -0.776. The van der Waals surface area contributed by atoms with Crippen LogP contribution in [0.4, 0.5) is 0 Å². The average Bonchev–Trinajstić information content (AvgIpc) is 3.38. The lowest BCUT2D eigenvalue weighted by Gasteiger charge is -2.18. The Balaban J connectivity index is 4.02. The number of esters is 3. The third kappa shape index (κ3) is 57.7. The van der Waals surface area contributed by atoms with E-state index in [0.717, 1.165) is 96.3 Å². The third-order valence-corrected chi connectivity index (χ3v) is 13.4. The summed E-state index contributed by atoms with van der Waals surface area (Å²) >= 11 is 0. The highest BCUT2D eigenvalue weighted by Crippen LogP contribution is 2.16. The third-order valence-electron chi connectivity index (χ3n) is 13.4. The monoisotopic (exact) mass is 1000 g/mol. The van der Waals surface area contributed by atoms with Gasteiger partial charge in [-0.05, 0) is 89.9 Å². The van der Waals surface area contributed by atoms with E-state index in [4.69, 9.17) is 14.2 Å². The van der Waals surface area contributed by atoms with Crippen LogP contribution in [0.3, 0.4) is 0 Å². The number of hydrogen-bond donors (Lipinski definition) is 0. The van der Waals surface area contributed by atoms with Gasteiger partial charge in [0.25, 0.3) is 0 Å². The molecule has 0 aromatic heterocycles. The van der Waals surface area contributed by atoms with E-state index in [2.05, 4.69) is 93.7 Å². The van der Waals surface area contributed by atoms with E-state index in [-0.39, 0.29) is 31.1 Å². The van der Waals surface area contributed by atoms with E-state index in [1.807, 2.05) is 0 Å². The van der Waals surface area contributed by atoms with Gasteiger partial charge >= 0.3 is 17.9 Å². The standard InChI is InChI=1S/C66H116O6/c1-4-7-10-13-16-18-20-22-24-26-27-28-29-30-31-32-33-34-35-36-37-38-39-41-42-44-46-48-50-53-56-59-65(68)71-62-63(61-70-64(67)58-55-52-15-12-9-6-3)72-66(69)60-57-54-51-49-47-45-43-40-25-23-21-19-17-14-11-8-5-2/h8,11,17,19-20,22-23,25-27,29-30,63H,4-7,9-10,12-16,18,21,24,28,31-62H2,1-3H3/b11-8-,19-17-,22-20-,25-23-,27-26-,30-29-. The van der Waals surface area contributed by atoms with Crippen molar-refractivity contribution in [3.05, 3.63) is 72.9 Å². The predicted octanol–water partition coefficient (Wildman–Crippen LogP) is 20.9. The largest absolute Gasteiger partial charge is 0.462 e. The van der Waals surface area contributed by atoms with Gasteiger partial charge in [0.05, 0.1) is 0 Å². The molecule has 0 bridgehead atoms. The Morgan fingerprint density at radius 1 is 0.292 bits per heavy atom. The fourth-order valence-electron chi connectivity index (χ4n) is 8.82. The van der Waals surface area contributed by atoms with Crippen LogP contribution in [-0.2, 0) is 28.6 Å². The van der Waals surface area contributed by atoms with E-state index >= 15 is 0 Å². The summed E-state index contributed by atoms with van der Waals surface area (Å²) in [6, 6.07) is 0. The van der Waals surface area contributed by atoms with E-state index in [0.29, 0.717) is 19.3 Å². The van der Waals surface area contributed by atoms with Crippen molar-refractivity contribution in [2.24, 2.45) is 0 Å². The van der Waals surface area contributed by atoms with Gasteiger partial charge in [-0.3, -0.25) is 14.4 Å². The van der Waals surface area contributed by atoms with Crippen molar-refractivity contribution in [1.82, 2.24) is 0 Å². The molecule has 0 spiro atoms. The fourth-order valence-corrected chi connectivity index (χ4v) is 8.82. The van der Waals surface area contributed by atoms with Gasteiger partial charge in [0.1, 0.15) is 13.2 Å². The molecule has 6 heteroatoms. The van der Waals surface area contributed by atoms with E-state index < -0.39 is 6.10 Å². The van der Waals surface area contributed by atoms with Gasteiger partial charge in [-0.25, -0.2) is 0 Å². The number of carbonyl (C=O) groups excluding carboxylic acids is 3. The van der Waals surface area contributed by atoms with Gasteiger partial charge in [-0.1, -0.05) is 273 Å². The zero-order valence-electron chi connectivity index (χ0n) is 47.7. The Bertz CT molecular complexity index is 1340. The Kier molecular flexibility index (Phi) is 57.8. The SMILES string of the molecule is CC/C=C\C/C=C\C/C=C\CCCCCCCCCC(=O)OC(COC(=O)CCCCCCCC)COC(=O)CCCCCCCCCCCCCCCCCC/C=C\C/C=C\C/C=C\CCCCCCC. The van der Waals surface area contributed by atoms with Gasteiger partial charge in [0.15, 0.2) is 6.10 Å². The molecule has 6 nitrogen and oxygen atoms in total. The summed E-state index contributed by atoms with van der Waals surface area (Å²) in [4.78, 5) is 37.9. The van der Waals surface area contributed by atoms with Gasteiger partial charge < -0.3 is 14.2 Å². The summed E-state index contributed by atoms with van der Waals surface area (Å²) in [5, 5.41) is 0. The van der Waals surface area contributed by atoms with Crippen LogP contribution in [0.5, 0.6) is 0 Å². The molecule has 0 amide bonds. The number of allylic oxidation sites excluding steroid dienone is 12. The van der Waals surface area contributed by atoms with Crippen molar-refractivity contribution < 1.29 is 28.6 Å². The number of ether oxygens (including phenoxy) is 3. The van der Waals surface area contributed by atoms with Crippen LogP contribution in [0.15, 0.2) is 72.9 Å².